The molecule has 5 nitrogen and oxygen atoms in total. The summed E-state index contributed by atoms with van der Waals surface area (Å²) in [5.41, 5.74) is 3.65. The molecule has 2 N–H and O–H groups in total. The van der Waals surface area contributed by atoms with Crippen molar-refractivity contribution >= 4 is 17.5 Å². The number of methoxy groups -OCH3 is 1. The highest BCUT2D eigenvalue weighted by atomic mass is 19.1. The highest BCUT2D eigenvalue weighted by Crippen LogP contribution is 2.26. The lowest BCUT2D eigenvalue weighted by Gasteiger charge is -2.22. The molecule has 0 fully saturated rings. The van der Waals surface area contributed by atoms with Crippen LogP contribution in [0.15, 0.2) is 42.5 Å². The third kappa shape index (κ3) is 5.19. The molecule has 2 aromatic carbocycles. The highest BCUT2D eigenvalue weighted by Gasteiger charge is 2.13. The Morgan fingerprint density at radius 2 is 1.88 bits per heavy atom. The average molecular weight is 345 g/mol. The predicted octanol–water partition coefficient (Wildman–Crippen LogP) is 3.92. The Labute approximate surface area is 147 Å². The summed E-state index contributed by atoms with van der Waals surface area (Å²) in [6.07, 6.45) is -0.493. The Hall–Kier alpha value is -2.60. The first-order chi connectivity index (χ1) is 11.9. The number of carbonyl (C=O) groups is 1. The van der Waals surface area contributed by atoms with Crippen LogP contribution in [0.5, 0.6) is 0 Å². The van der Waals surface area contributed by atoms with Crippen molar-refractivity contribution in [1.29, 1.82) is 0 Å². The number of nitrogens with one attached hydrogen (secondary N) is 2. The minimum Gasteiger partial charge on any atom is -0.453 e. The second-order valence-corrected chi connectivity index (χ2v) is 6.01. The smallest absolute Gasteiger partial charge is 0.411 e. The normalized spacial score (nSPS) is 11.7. The first-order valence-electron chi connectivity index (χ1n) is 8.04. The minimum atomic E-state index is -0.493. The lowest BCUT2D eigenvalue weighted by Crippen LogP contribution is -2.21. The van der Waals surface area contributed by atoms with Crippen molar-refractivity contribution in [3.63, 3.8) is 0 Å². The molecule has 0 aliphatic rings. The number of anilines is 2. The first-order valence-corrected chi connectivity index (χ1v) is 8.04. The Morgan fingerprint density at radius 3 is 2.48 bits per heavy atom. The van der Waals surface area contributed by atoms with E-state index in [-0.39, 0.29) is 11.9 Å². The summed E-state index contributed by atoms with van der Waals surface area (Å²) in [5.74, 6) is -0.242. The van der Waals surface area contributed by atoms with E-state index in [4.69, 9.17) is 0 Å². The van der Waals surface area contributed by atoms with E-state index in [0.29, 0.717) is 12.2 Å². The molecule has 0 aliphatic heterocycles. The van der Waals surface area contributed by atoms with E-state index in [9.17, 15) is 9.18 Å². The molecule has 0 saturated carbocycles. The first kappa shape index (κ1) is 18.7. The molecule has 2 rings (SSSR count). The summed E-state index contributed by atoms with van der Waals surface area (Å²) in [4.78, 5) is 13.1. The number of hydrogen-bond acceptors (Lipinski definition) is 4. The Kier molecular flexibility index (Phi) is 6.36. The van der Waals surface area contributed by atoms with Gasteiger partial charge in [0, 0.05) is 38.1 Å². The van der Waals surface area contributed by atoms with Crippen LogP contribution < -0.4 is 15.5 Å². The maximum Gasteiger partial charge on any atom is 0.411 e. The second-order valence-electron chi connectivity index (χ2n) is 6.01. The zero-order chi connectivity index (χ0) is 18.4. The fourth-order valence-corrected chi connectivity index (χ4v) is 2.53. The van der Waals surface area contributed by atoms with Crippen molar-refractivity contribution in [1.82, 2.24) is 5.32 Å². The van der Waals surface area contributed by atoms with Gasteiger partial charge in [0.05, 0.1) is 7.11 Å². The van der Waals surface area contributed by atoms with Crippen LogP contribution in [-0.2, 0) is 11.3 Å². The van der Waals surface area contributed by atoms with Crippen LogP contribution in [0.2, 0.25) is 0 Å². The van der Waals surface area contributed by atoms with E-state index in [0.717, 1.165) is 16.8 Å². The van der Waals surface area contributed by atoms with Crippen LogP contribution in [0, 0.1) is 5.82 Å². The van der Waals surface area contributed by atoms with Crippen molar-refractivity contribution in [2.45, 2.75) is 19.5 Å². The van der Waals surface area contributed by atoms with Crippen LogP contribution in [0.4, 0.5) is 20.6 Å². The lowest BCUT2D eigenvalue weighted by molar-refractivity contribution is 0.187. The number of rotatable bonds is 6. The molecule has 2 aromatic rings. The highest BCUT2D eigenvalue weighted by molar-refractivity contribution is 5.84. The fraction of sp³-hybridized carbons (Fsp3) is 0.316. The summed E-state index contributed by atoms with van der Waals surface area (Å²) < 4.78 is 18.0. The van der Waals surface area contributed by atoms with E-state index in [1.54, 1.807) is 6.07 Å². The summed E-state index contributed by atoms with van der Waals surface area (Å²) in [7, 11) is 5.13. The van der Waals surface area contributed by atoms with Gasteiger partial charge in [0.25, 0.3) is 0 Å². The third-order valence-corrected chi connectivity index (χ3v) is 3.94. The van der Waals surface area contributed by atoms with Gasteiger partial charge >= 0.3 is 6.09 Å². The number of halogens is 1. The number of hydrogen-bond donors (Lipinski definition) is 2. The Bertz CT molecular complexity index is 717. The van der Waals surface area contributed by atoms with Crippen LogP contribution in [0.3, 0.4) is 0 Å². The molecule has 0 saturated heterocycles. The molecule has 0 bridgehead atoms. The maximum absolute atomic E-state index is 13.5. The van der Waals surface area contributed by atoms with Gasteiger partial charge in [-0.25, -0.2) is 9.18 Å². The summed E-state index contributed by atoms with van der Waals surface area (Å²) >= 11 is 0. The molecular weight excluding hydrogens is 321 g/mol. The van der Waals surface area contributed by atoms with Gasteiger partial charge in [0.2, 0.25) is 0 Å². The Morgan fingerprint density at radius 1 is 1.20 bits per heavy atom. The molecule has 0 unspecified atom stereocenters. The number of nitrogens with zero attached hydrogens (tertiary/aromatic N) is 1. The van der Waals surface area contributed by atoms with Crippen molar-refractivity contribution < 1.29 is 13.9 Å². The number of carbonyl (C=O) groups excluding carboxylic acids is 1. The largest absolute Gasteiger partial charge is 0.453 e. The molecule has 1 atom stereocenters. The number of amides is 1. The SMILES string of the molecule is COC(=O)Nc1ccc(CN[C@@H](C)c2ccc(F)cc2N(C)C)cc1. The molecule has 0 aromatic heterocycles. The monoisotopic (exact) mass is 345 g/mol. The maximum atomic E-state index is 13.5. The topological polar surface area (TPSA) is 53.6 Å². The van der Waals surface area contributed by atoms with Gasteiger partial charge in [-0.2, -0.15) is 0 Å². The number of ether oxygens (including phenoxy) is 1. The van der Waals surface area contributed by atoms with Crippen molar-refractivity contribution in [3.8, 4) is 0 Å². The van der Waals surface area contributed by atoms with E-state index in [2.05, 4.69) is 15.4 Å². The standard InChI is InChI=1S/C19H24FN3O2/c1-13(17-10-7-15(20)11-18(17)23(2)3)21-12-14-5-8-16(9-6-14)22-19(24)25-4/h5-11,13,21H,12H2,1-4H3,(H,22,24)/t13-/m0/s1. The summed E-state index contributed by atoms with van der Waals surface area (Å²) in [5, 5.41) is 6.05. The second kappa shape index (κ2) is 8.48. The van der Waals surface area contributed by atoms with Gasteiger partial charge in [-0.05, 0) is 42.3 Å². The van der Waals surface area contributed by atoms with E-state index in [1.807, 2.05) is 56.3 Å². The zero-order valence-corrected chi connectivity index (χ0v) is 15.0. The molecule has 6 heteroatoms. The minimum absolute atomic E-state index is 0.0610. The van der Waals surface area contributed by atoms with Gasteiger partial charge in [0.15, 0.2) is 0 Å². The average Bonchev–Trinajstić information content (AvgIpc) is 2.60. The van der Waals surface area contributed by atoms with Crippen LogP contribution in [0.25, 0.3) is 0 Å². The van der Waals surface area contributed by atoms with E-state index < -0.39 is 6.09 Å². The quantitative estimate of drug-likeness (QED) is 0.833. The number of benzene rings is 2. The van der Waals surface area contributed by atoms with Crippen molar-refractivity contribution in [2.75, 3.05) is 31.4 Å². The van der Waals surface area contributed by atoms with Gasteiger partial charge < -0.3 is 15.0 Å². The third-order valence-electron chi connectivity index (χ3n) is 3.94. The molecule has 25 heavy (non-hydrogen) atoms. The molecule has 134 valence electrons. The molecule has 0 heterocycles. The van der Waals surface area contributed by atoms with Crippen LogP contribution in [0.1, 0.15) is 24.1 Å². The van der Waals surface area contributed by atoms with Crippen LogP contribution >= 0.6 is 0 Å². The van der Waals surface area contributed by atoms with Crippen molar-refractivity contribution in [2.24, 2.45) is 0 Å². The summed E-state index contributed by atoms with van der Waals surface area (Å²) in [6.45, 7) is 2.71. The summed E-state index contributed by atoms with van der Waals surface area (Å²) in [6, 6.07) is 12.4. The lowest BCUT2D eigenvalue weighted by atomic mass is 10.0. The zero-order valence-electron chi connectivity index (χ0n) is 15.0. The van der Waals surface area contributed by atoms with Crippen molar-refractivity contribution in [3.05, 3.63) is 59.4 Å². The fourth-order valence-electron chi connectivity index (χ4n) is 2.53. The Balaban J connectivity index is 2.00. The molecule has 0 aliphatic carbocycles. The van der Waals surface area contributed by atoms with Gasteiger partial charge in [-0.15, -0.1) is 0 Å². The molecular formula is C19H24FN3O2. The van der Waals surface area contributed by atoms with E-state index in [1.165, 1.54) is 13.2 Å². The molecule has 0 radical (unpaired) electrons. The van der Waals surface area contributed by atoms with E-state index >= 15 is 0 Å². The van der Waals surface area contributed by atoms with Gasteiger partial charge in [-0.3, -0.25) is 5.32 Å². The van der Waals surface area contributed by atoms with Gasteiger partial charge in [0.1, 0.15) is 5.82 Å². The predicted molar refractivity (Wildman–Crippen MR) is 98.5 cm³/mol. The van der Waals surface area contributed by atoms with Crippen LogP contribution in [-0.4, -0.2) is 27.3 Å². The molecule has 1 amide bonds. The van der Waals surface area contributed by atoms with Gasteiger partial charge in [-0.1, -0.05) is 18.2 Å². The molecule has 0 spiro atoms.